The Morgan fingerprint density at radius 1 is 0.889 bits per heavy atom. The average Bonchev–Trinajstić information content (AvgIpc) is 3.28. The summed E-state index contributed by atoms with van der Waals surface area (Å²) in [5.41, 5.74) is 4.56. The third-order valence-corrected chi connectivity index (χ3v) is 5.16. The molecule has 1 aromatic carbocycles. The first-order chi connectivity index (χ1) is 13.3. The highest BCUT2D eigenvalue weighted by Crippen LogP contribution is 2.25. The minimum atomic E-state index is -0.0998. The monoisotopic (exact) mass is 371 g/mol. The van der Waals surface area contributed by atoms with Crippen LogP contribution in [-0.2, 0) is 6.54 Å². The molecular weight excluding hydrogens is 354 g/mol. The number of aromatic nitrogens is 2. The number of amides is 1. The van der Waals surface area contributed by atoms with Gasteiger partial charge >= 0.3 is 0 Å². The van der Waals surface area contributed by atoms with Crippen molar-refractivity contribution >= 4 is 17.2 Å². The Hall–Kier alpha value is -3.31. The van der Waals surface area contributed by atoms with E-state index in [1.807, 2.05) is 60.0 Å². The van der Waals surface area contributed by atoms with Gasteiger partial charge in [0.1, 0.15) is 0 Å². The Morgan fingerprint density at radius 3 is 2.44 bits per heavy atom. The zero-order chi connectivity index (χ0) is 18.5. The van der Waals surface area contributed by atoms with E-state index in [2.05, 4.69) is 21.4 Å². The van der Waals surface area contributed by atoms with E-state index in [-0.39, 0.29) is 5.91 Å². The molecule has 0 aliphatic heterocycles. The number of hydrogen-bond donors (Lipinski definition) is 1. The summed E-state index contributed by atoms with van der Waals surface area (Å²) < 4.78 is 0. The number of pyridine rings is 2. The van der Waals surface area contributed by atoms with Gasteiger partial charge in [0.2, 0.25) is 0 Å². The normalized spacial score (nSPS) is 10.5. The molecule has 4 nitrogen and oxygen atoms in total. The van der Waals surface area contributed by atoms with Crippen LogP contribution in [0.2, 0.25) is 0 Å². The Morgan fingerprint density at radius 2 is 1.70 bits per heavy atom. The maximum Gasteiger partial charge on any atom is 0.251 e. The Kier molecular flexibility index (Phi) is 5.03. The van der Waals surface area contributed by atoms with E-state index < -0.39 is 0 Å². The molecule has 27 heavy (non-hydrogen) atoms. The zero-order valence-electron chi connectivity index (χ0n) is 14.5. The molecule has 0 saturated carbocycles. The number of nitrogens with one attached hydrogen (secondary N) is 1. The van der Waals surface area contributed by atoms with Gasteiger partial charge in [-0.3, -0.25) is 14.8 Å². The van der Waals surface area contributed by atoms with Crippen molar-refractivity contribution in [2.24, 2.45) is 0 Å². The van der Waals surface area contributed by atoms with E-state index in [9.17, 15) is 4.79 Å². The van der Waals surface area contributed by atoms with Gasteiger partial charge in [-0.15, -0.1) is 11.3 Å². The van der Waals surface area contributed by atoms with Crippen LogP contribution in [0.5, 0.6) is 0 Å². The first-order valence-electron chi connectivity index (χ1n) is 8.58. The van der Waals surface area contributed by atoms with Crippen LogP contribution < -0.4 is 5.32 Å². The lowest BCUT2D eigenvalue weighted by molar-refractivity contribution is 0.0951. The quantitative estimate of drug-likeness (QED) is 0.548. The molecule has 0 atom stereocenters. The lowest BCUT2D eigenvalue weighted by Gasteiger charge is -2.10. The fourth-order valence-corrected chi connectivity index (χ4v) is 3.59. The SMILES string of the molecule is O=C(NCc1cccnc1-c1ccncc1)c1ccc(-c2cccs2)cc1. The number of carbonyl (C=O) groups excluding carboxylic acids is 1. The summed E-state index contributed by atoms with van der Waals surface area (Å²) in [4.78, 5) is 22.2. The topological polar surface area (TPSA) is 54.9 Å². The molecule has 0 spiro atoms. The fraction of sp³-hybridized carbons (Fsp3) is 0.0455. The second kappa shape index (κ2) is 7.93. The predicted octanol–water partition coefficient (Wildman–Crippen LogP) is 4.80. The fourth-order valence-electron chi connectivity index (χ4n) is 2.86. The standard InChI is InChI=1S/C22H17N3OS/c26-22(18-7-5-16(6-8-18)20-4-2-14-27-20)25-15-19-3-1-11-24-21(19)17-9-12-23-13-10-17/h1-14H,15H2,(H,25,26). The summed E-state index contributed by atoms with van der Waals surface area (Å²) in [6.07, 6.45) is 5.23. The third-order valence-electron chi connectivity index (χ3n) is 4.24. The molecule has 1 amide bonds. The van der Waals surface area contributed by atoms with Gasteiger partial charge in [0.15, 0.2) is 0 Å². The summed E-state index contributed by atoms with van der Waals surface area (Å²) in [6.45, 7) is 0.414. The first-order valence-corrected chi connectivity index (χ1v) is 9.45. The molecule has 4 aromatic rings. The van der Waals surface area contributed by atoms with Crippen LogP contribution in [0, 0.1) is 0 Å². The van der Waals surface area contributed by atoms with Gasteiger partial charge in [-0.05, 0) is 52.9 Å². The summed E-state index contributed by atoms with van der Waals surface area (Å²) >= 11 is 1.69. The highest BCUT2D eigenvalue weighted by molar-refractivity contribution is 7.13. The van der Waals surface area contributed by atoms with Crippen LogP contribution in [0.1, 0.15) is 15.9 Å². The minimum Gasteiger partial charge on any atom is -0.348 e. The van der Waals surface area contributed by atoms with Crippen LogP contribution in [-0.4, -0.2) is 15.9 Å². The summed E-state index contributed by atoms with van der Waals surface area (Å²) in [7, 11) is 0. The Bertz CT molecular complexity index is 1030. The van der Waals surface area contributed by atoms with Crippen molar-refractivity contribution < 1.29 is 4.79 Å². The second-order valence-corrected chi connectivity index (χ2v) is 6.93. The maximum atomic E-state index is 12.5. The number of carbonyl (C=O) groups is 1. The van der Waals surface area contributed by atoms with Crippen LogP contribution in [0.15, 0.2) is 84.6 Å². The van der Waals surface area contributed by atoms with Gasteiger partial charge in [-0.1, -0.05) is 24.3 Å². The minimum absolute atomic E-state index is 0.0998. The number of benzene rings is 1. The van der Waals surface area contributed by atoms with Gasteiger partial charge in [-0.2, -0.15) is 0 Å². The van der Waals surface area contributed by atoms with E-state index in [1.165, 1.54) is 4.88 Å². The van der Waals surface area contributed by atoms with Gasteiger partial charge in [0.25, 0.3) is 5.91 Å². The van der Waals surface area contributed by atoms with E-state index in [0.717, 1.165) is 22.4 Å². The van der Waals surface area contributed by atoms with Crippen molar-refractivity contribution in [3.05, 3.63) is 95.8 Å². The molecule has 1 N–H and O–H groups in total. The second-order valence-electron chi connectivity index (χ2n) is 5.98. The first kappa shape index (κ1) is 17.1. The van der Waals surface area contributed by atoms with Crippen LogP contribution >= 0.6 is 11.3 Å². The smallest absolute Gasteiger partial charge is 0.251 e. The molecule has 0 bridgehead atoms. The summed E-state index contributed by atoms with van der Waals surface area (Å²) in [5.74, 6) is -0.0998. The molecule has 0 saturated heterocycles. The molecular formula is C22H17N3OS. The Balaban J connectivity index is 1.47. The average molecular weight is 371 g/mol. The van der Waals surface area contributed by atoms with Crippen LogP contribution in [0.3, 0.4) is 0 Å². The summed E-state index contributed by atoms with van der Waals surface area (Å²) in [5, 5.41) is 5.03. The summed E-state index contributed by atoms with van der Waals surface area (Å²) in [6, 6.07) is 19.5. The zero-order valence-corrected chi connectivity index (χ0v) is 15.3. The van der Waals surface area contributed by atoms with Gasteiger partial charge in [0, 0.05) is 41.1 Å². The van der Waals surface area contributed by atoms with E-state index >= 15 is 0 Å². The lowest BCUT2D eigenvalue weighted by atomic mass is 10.1. The van der Waals surface area contributed by atoms with Crippen molar-refractivity contribution in [1.29, 1.82) is 0 Å². The number of thiophene rings is 1. The molecule has 3 heterocycles. The molecule has 0 aliphatic rings. The van der Waals surface area contributed by atoms with Crippen molar-refractivity contribution in [2.45, 2.75) is 6.54 Å². The van der Waals surface area contributed by atoms with Crippen molar-refractivity contribution in [3.63, 3.8) is 0 Å². The van der Waals surface area contributed by atoms with E-state index in [1.54, 1.807) is 29.9 Å². The molecule has 5 heteroatoms. The van der Waals surface area contributed by atoms with Crippen molar-refractivity contribution in [3.8, 4) is 21.7 Å². The number of nitrogens with zero attached hydrogens (tertiary/aromatic N) is 2. The van der Waals surface area contributed by atoms with E-state index in [4.69, 9.17) is 0 Å². The predicted molar refractivity (Wildman–Crippen MR) is 108 cm³/mol. The van der Waals surface area contributed by atoms with Gasteiger partial charge in [-0.25, -0.2) is 0 Å². The molecule has 4 rings (SSSR count). The highest BCUT2D eigenvalue weighted by Gasteiger charge is 2.10. The molecule has 3 aromatic heterocycles. The highest BCUT2D eigenvalue weighted by atomic mass is 32.1. The van der Waals surface area contributed by atoms with Crippen molar-refractivity contribution in [1.82, 2.24) is 15.3 Å². The molecule has 0 aliphatic carbocycles. The third kappa shape index (κ3) is 3.93. The van der Waals surface area contributed by atoms with Gasteiger partial charge < -0.3 is 5.32 Å². The maximum absolute atomic E-state index is 12.5. The van der Waals surface area contributed by atoms with Crippen LogP contribution in [0.4, 0.5) is 0 Å². The lowest BCUT2D eigenvalue weighted by Crippen LogP contribution is -2.23. The molecule has 0 fully saturated rings. The largest absolute Gasteiger partial charge is 0.348 e. The van der Waals surface area contributed by atoms with Gasteiger partial charge in [0.05, 0.1) is 5.69 Å². The van der Waals surface area contributed by atoms with E-state index in [0.29, 0.717) is 12.1 Å². The van der Waals surface area contributed by atoms with Crippen LogP contribution in [0.25, 0.3) is 21.7 Å². The Labute approximate surface area is 161 Å². The van der Waals surface area contributed by atoms with Crippen molar-refractivity contribution in [2.75, 3.05) is 0 Å². The molecule has 0 radical (unpaired) electrons. The number of hydrogen-bond acceptors (Lipinski definition) is 4. The molecule has 132 valence electrons. The number of rotatable bonds is 5. The molecule has 0 unspecified atom stereocenters.